The van der Waals surface area contributed by atoms with E-state index in [1.54, 1.807) is 0 Å². The summed E-state index contributed by atoms with van der Waals surface area (Å²) in [5.74, 6) is 0.837. The van der Waals surface area contributed by atoms with Crippen LogP contribution in [0.3, 0.4) is 0 Å². The Morgan fingerprint density at radius 1 is 1.39 bits per heavy atom. The number of ether oxygens (including phenoxy) is 2. The van der Waals surface area contributed by atoms with Crippen LogP contribution < -0.4 is 10.1 Å². The van der Waals surface area contributed by atoms with E-state index in [2.05, 4.69) is 12.2 Å². The Morgan fingerprint density at radius 2 is 2.06 bits per heavy atom. The van der Waals surface area contributed by atoms with Gasteiger partial charge in [0.15, 0.2) is 0 Å². The van der Waals surface area contributed by atoms with Gasteiger partial charge in [0.1, 0.15) is 5.75 Å². The van der Waals surface area contributed by atoms with Crippen molar-refractivity contribution in [3.05, 3.63) is 29.8 Å². The number of benzene rings is 1. The van der Waals surface area contributed by atoms with Gasteiger partial charge in [0, 0.05) is 12.0 Å². The average Bonchev–Trinajstić information content (AvgIpc) is 2.35. The quantitative estimate of drug-likeness (QED) is 0.801. The number of hydrogen-bond acceptors (Lipinski definition) is 4. The highest BCUT2D eigenvalue weighted by Crippen LogP contribution is 2.27. The molecule has 0 aliphatic carbocycles. The van der Waals surface area contributed by atoms with E-state index < -0.39 is 6.10 Å². The Balaban J connectivity index is 1.87. The molecular formula is C14H21NO3. The second-order valence-electron chi connectivity index (χ2n) is 5.23. The Bertz CT molecular complexity index is 373. The Kier molecular flexibility index (Phi) is 4.22. The van der Waals surface area contributed by atoms with Crippen molar-refractivity contribution >= 4 is 0 Å². The van der Waals surface area contributed by atoms with E-state index in [4.69, 9.17) is 9.47 Å². The summed E-state index contributed by atoms with van der Waals surface area (Å²) in [6, 6.07) is 7.60. The van der Waals surface area contributed by atoms with Crippen LogP contribution in [0.5, 0.6) is 5.75 Å². The number of rotatable bonds is 6. The van der Waals surface area contributed by atoms with Gasteiger partial charge in [-0.2, -0.15) is 0 Å². The molecular weight excluding hydrogens is 230 g/mol. The predicted octanol–water partition coefficient (Wildman–Crippen LogP) is 1.35. The van der Waals surface area contributed by atoms with Crippen molar-refractivity contribution in [1.29, 1.82) is 0 Å². The minimum atomic E-state index is -0.471. The summed E-state index contributed by atoms with van der Waals surface area (Å²) >= 11 is 0. The van der Waals surface area contributed by atoms with Gasteiger partial charge in [-0.25, -0.2) is 0 Å². The fourth-order valence-electron chi connectivity index (χ4n) is 1.89. The molecule has 0 bridgehead atoms. The van der Waals surface area contributed by atoms with Crippen LogP contribution in [-0.4, -0.2) is 38.5 Å². The molecule has 4 heteroatoms. The maximum absolute atomic E-state index is 9.80. The van der Waals surface area contributed by atoms with E-state index in [0.29, 0.717) is 13.2 Å². The third kappa shape index (κ3) is 3.22. The van der Waals surface area contributed by atoms with Crippen LogP contribution in [-0.2, 0) is 4.74 Å². The fraction of sp³-hybridized carbons (Fsp3) is 0.571. The second kappa shape index (κ2) is 5.69. The summed E-state index contributed by atoms with van der Waals surface area (Å²) in [4.78, 5) is 0. The SMILES string of the molecule is CNCC(O)c1ccc(OCC2(C)COC2)cc1. The maximum Gasteiger partial charge on any atom is 0.119 e. The normalized spacial score (nSPS) is 19.1. The van der Waals surface area contributed by atoms with Gasteiger partial charge in [-0.05, 0) is 24.7 Å². The van der Waals surface area contributed by atoms with Crippen LogP contribution in [0.4, 0.5) is 0 Å². The molecule has 1 heterocycles. The molecule has 1 aromatic rings. The first-order valence-corrected chi connectivity index (χ1v) is 6.26. The number of nitrogens with one attached hydrogen (secondary N) is 1. The summed E-state index contributed by atoms with van der Waals surface area (Å²) < 4.78 is 10.9. The molecule has 18 heavy (non-hydrogen) atoms. The van der Waals surface area contributed by atoms with Crippen LogP contribution in [0.1, 0.15) is 18.6 Å². The van der Waals surface area contributed by atoms with Crippen molar-refractivity contribution < 1.29 is 14.6 Å². The van der Waals surface area contributed by atoms with E-state index in [9.17, 15) is 5.11 Å². The van der Waals surface area contributed by atoms with Crippen LogP contribution in [0, 0.1) is 5.41 Å². The highest BCUT2D eigenvalue weighted by Gasteiger charge is 2.34. The van der Waals surface area contributed by atoms with Gasteiger partial charge in [0.2, 0.25) is 0 Å². The molecule has 0 amide bonds. The fourth-order valence-corrected chi connectivity index (χ4v) is 1.89. The number of aliphatic hydroxyl groups is 1. The van der Waals surface area contributed by atoms with Crippen molar-refractivity contribution in [2.45, 2.75) is 13.0 Å². The van der Waals surface area contributed by atoms with Crippen molar-refractivity contribution in [3.8, 4) is 5.75 Å². The lowest BCUT2D eigenvalue weighted by Gasteiger charge is -2.37. The van der Waals surface area contributed by atoms with E-state index >= 15 is 0 Å². The highest BCUT2D eigenvalue weighted by atomic mass is 16.5. The maximum atomic E-state index is 9.80. The van der Waals surface area contributed by atoms with Crippen LogP contribution in [0.2, 0.25) is 0 Å². The first kappa shape index (κ1) is 13.3. The smallest absolute Gasteiger partial charge is 0.119 e. The monoisotopic (exact) mass is 251 g/mol. The number of hydrogen-bond donors (Lipinski definition) is 2. The second-order valence-corrected chi connectivity index (χ2v) is 5.23. The lowest BCUT2D eigenvalue weighted by atomic mass is 9.90. The molecule has 4 nitrogen and oxygen atoms in total. The van der Waals surface area contributed by atoms with Gasteiger partial charge in [0.05, 0.1) is 25.9 Å². The van der Waals surface area contributed by atoms with Crippen molar-refractivity contribution in [3.63, 3.8) is 0 Å². The molecule has 1 unspecified atom stereocenters. The van der Waals surface area contributed by atoms with E-state index in [-0.39, 0.29) is 5.41 Å². The van der Waals surface area contributed by atoms with Crippen molar-refractivity contribution in [2.75, 3.05) is 33.4 Å². The van der Waals surface area contributed by atoms with Crippen molar-refractivity contribution in [1.82, 2.24) is 5.32 Å². The first-order valence-electron chi connectivity index (χ1n) is 6.26. The molecule has 1 aliphatic heterocycles. The molecule has 0 saturated carbocycles. The zero-order valence-electron chi connectivity index (χ0n) is 11.0. The van der Waals surface area contributed by atoms with Gasteiger partial charge in [0.25, 0.3) is 0 Å². The summed E-state index contributed by atoms with van der Waals surface area (Å²) in [5, 5.41) is 12.7. The van der Waals surface area contributed by atoms with Gasteiger partial charge in [-0.3, -0.25) is 0 Å². The topological polar surface area (TPSA) is 50.7 Å². The minimum Gasteiger partial charge on any atom is -0.493 e. The lowest BCUT2D eigenvalue weighted by Crippen LogP contribution is -2.44. The van der Waals surface area contributed by atoms with Crippen LogP contribution >= 0.6 is 0 Å². The molecule has 1 saturated heterocycles. The molecule has 0 radical (unpaired) electrons. The molecule has 2 N–H and O–H groups in total. The highest BCUT2D eigenvalue weighted by molar-refractivity contribution is 5.28. The van der Waals surface area contributed by atoms with Gasteiger partial charge in [-0.1, -0.05) is 19.1 Å². The standard InChI is InChI=1S/C14H21NO3/c1-14(8-17-9-14)10-18-12-5-3-11(4-6-12)13(16)7-15-2/h3-6,13,15-16H,7-10H2,1-2H3. The average molecular weight is 251 g/mol. The summed E-state index contributed by atoms with van der Waals surface area (Å²) in [7, 11) is 1.82. The molecule has 1 fully saturated rings. The van der Waals surface area contributed by atoms with E-state index in [0.717, 1.165) is 24.5 Å². The van der Waals surface area contributed by atoms with Gasteiger partial charge >= 0.3 is 0 Å². The lowest BCUT2D eigenvalue weighted by molar-refractivity contribution is -0.120. The summed E-state index contributed by atoms with van der Waals surface area (Å²) in [6.45, 7) is 4.92. The molecule has 1 aromatic carbocycles. The van der Waals surface area contributed by atoms with E-state index in [1.165, 1.54) is 0 Å². The molecule has 1 aliphatic rings. The Labute approximate surface area is 108 Å². The van der Waals surface area contributed by atoms with Gasteiger partial charge in [-0.15, -0.1) is 0 Å². The summed E-state index contributed by atoms with van der Waals surface area (Å²) in [5.41, 5.74) is 1.06. The first-order chi connectivity index (χ1) is 8.63. The largest absolute Gasteiger partial charge is 0.493 e. The zero-order valence-corrected chi connectivity index (χ0v) is 11.0. The minimum absolute atomic E-state index is 0.157. The number of likely N-dealkylation sites (N-methyl/N-ethyl adjacent to an activating group) is 1. The Hall–Kier alpha value is -1.10. The zero-order chi connectivity index (χ0) is 13.0. The predicted molar refractivity (Wildman–Crippen MR) is 69.7 cm³/mol. The molecule has 0 spiro atoms. The Morgan fingerprint density at radius 3 is 2.56 bits per heavy atom. The third-order valence-corrected chi connectivity index (χ3v) is 3.15. The molecule has 2 rings (SSSR count). The van der Waals surface area contributed by atoms with E-state index in [1.807, 2.05) is 31.3 Å². The van der Waals surface area contributed by atoms with Crippen LogP contribution in [0.25, 0.3) is 0 Å². The third-order valence-electron chi connectivity index (χ3n) is 3.15. The number of aliphatic hydroxyl groups excluding tert-OH is 1. The van der Waals surface area contributed by atoms with Gasteiger partial charge < -0.3 is 19.9 Å². The van der Waals surface area contributed by atoms with Crippen molar-refractivity contribution in [2.24, 2.45) is 5.41 Å². The molecule has 0 aromatic heterocycles. The van der Waals surface area contributed by atoms with Crippen LogP contribution in [0.15, 0.2) is 24.3 Å². The summed E-state index contributed by atoms with van der Waals surface area (Å²) in [6.07, 6.45) is -0.471. The molecule has 1 atom stereocenters. The molecule has 100 valence electrons.